The van der Waals surface area contributed by atoms with Gasteiger partial charge in [-0.1, -0.05) is 27.7 Å². The van der Waals surface area contributed by atoms with E-state index in [4.69, 9.17) is 0 Å². The van der Waals surface area contributed by atoms with E-state index in [0.717, 1.165) is 10.5 Å². The quantitative estimate of drug-likeness (QED) is 0.563. The zero-order chi connectivity index (χ0) is 20.3. The van der Waals surface area contributed by atoms with Gasteiger partial charge in [-0.15, -0.1) is 0 Å². The fourth-order valence-corrected chi connectivity index (χ4v) is 7.33. The molecule has 10 nitrogen and oxygen atoms in total. The molecular formula is C14H28N5O5PS. The zero-order valence-electron chi connectivity index (χ0n) is 16.1. The maximum Gasteiger partial charge on any atom is 0.373 e. The third-order valence-corrected chi connectivity index (χ3v) is 9.58. The minimum Gasteiger partial charge on any atom is -0.475 e. The van der Waals surface area contributed by atoms with Crippen LogP contribution >= 0.6 is 7.44 Å². The van der Waals surface area contributed by atoms with Crippen molar-refractivity contribution in [3.63, 3.8) is 0 Å². The average Bonchev–Trinajstić information content (AvgIpc) is 3.03. The molecule has 0 bridgehead atoms. The van der Waals surface area contributed by atoms with E-state index in [9.17, 15) is 22.9 Å². The van der Waals surface area contributed by atoms with Crippen LogP contribution < -0.4 is 5.44 Å². The fourth-order valence-electron chi connectivity index (χ4n) is 2.74. The fraction of sp³-hybridized carbons (Fsp3) is 0.714. The molecule has 0 fully saturated rings. The Kier molecular flexibility index (Phi) is 7.55. The van der Waals surface area contributed by atoms with Gasteiger partial charge in [0.05, 0.1) is 6.20 Å². The smallest absolute Gasteiger partial charge is 0.373 e. The molecule has 0 saturated heterocycles. The summed E-state index contributed by atoms with van der Waals surface area (Å²) in [5, 5.41) is 9.41. The Morgan fingerprint density at radius 3 is 1.85 bits per heavy atom. The highest BCUT2D eigenvalue weighted by Crippen LogP contribution is 2.52. The highest BCUT2D eigenvalue weighted by Gasteiger charge is 2.43. The molecule has 12 heteroatoms. The lowest BCUT2D eigenvalue weighted by Crippen LogP contribution is -2.43. The van der Waals surface area contributed by atoms with Gasteiger partial charge in [0.25, 0.3) is 7.44 Å². The van der Waals surface area contributed by atoms with Crippen molar-refractivity contribution in [1.29, 1.82) is 0 Å². The molecule has 1 aromatic rings. The van der Waals surface area contributed by atoms with Gasteiger partial charge < -0.3 is 5.11 Å². The number of nitrogens with zero attached hydrogens (tertiary/aromatic N) is 5. The molecular weight excluding hydrogens is 381 g/mol. The van der Waals surface area contributed by atoms with Crippen LogP contribution in [0.15, 0.2) is 6.20 Å². The largest absolute Gasteiger partial charge is 0.475 e. The van der Waals surface area contributed by atoms with Crippen molar-refractivity contribution < 1.29 is 22.9 Å². The van der Waals surface area contributed by atoms with E-state index in [0.29, 0.717) is 30.2 Å². The molecule has 150 valence electrons. The molecule has 0 aliphatic rings. The number of aromatic carboxylic acids is 1. The number of carboxylic acids is 1. The lowest BCUT2D eigenvalue weighted by molar-refractivity contribution is 0.0682. The molecule has 0 aliphatic heterocycles. The Bertz CT molecular complexity index is 768. The van der Waals surface area contributed by atoms with E-state index in [1.54, 1.807) is 9.34 Å². The van der Waals surface area contributed by atoms with Crippen LogP contribution in [0.4, 0.5) is 0 Å². The Balaban J connectivity index is 3.96. The van der Waals surface area contributed by atoms with E-state index in [2.05, 4.69) is 4.98 Å². The van der Waals surface area contributed by atoms with Crippen LogP contribution in [0.2, 0.25) is 0 Å². The zero-order valence-corrected chi connectivity index (χ0v) is 17.8. The molecule has 1 rings (SSSR count). The first-order valence-corrected chi connectivity index (χ1v) is 11.4. The standard InChI is InChI=1S/C14H28N5O5PS/c1-7-17(8-2)25(22,18(9-3)10-4)12-11-15-13(14(20)21)19(12)26(23,24)16(5)6/h11H,7-10H2,1-6H3,(H,20,21). The number of carbonyl (C=O) groups is 1. The Morgan fingerprint density at radius 1 is 1.12 bits per heavy atom. The normalized spacial score (nSPS) is 13.1. The summed E-state index contributed by atoms with van der Waals surface area (Å²) in [6.45, 7) is 8.88. The molecule has 0 atom stereocenters. The summed E-state index contributed by atoms with van der Waals surface area (Å²) in [5.41, 5.74) is -0.129. The Morgan fingerprint density at radius 2 is 1.54 bits per heavy atom. The van der Waals surface area contributed by atoms with Crippen molar-refractivity contribution in [2.75, 3.05) is 40.3 Å². The lowest BCUT2D eigenvalue weighted by atomic mass is 10.6. The maximum absolute atomic E-state index is 14.2. The summed E-state index contributed by atoms with van der Waals surface area (Å²) >= 11 is 0. The molecule has 0 radical (unpaired) electrons. The van der Waals surface area contributed by atoms with Crippen molar-refractivity contribution in [2.45, 2.75) is 27.7 Å². The number of hydrogen-bond acceptors (Lipinski definition) is 5. The predicted octanol–water partition coefficient (Wildman–Crippen LogP) is 0.738. The van der Waals surface area contributed by atoms with Gasteiger partial charge in [0.1, 0.15) is 5.44 Å². The van der Waals surface area contributed by atoms with Gasteiger partial charge in [-0.05, 0) is 0 Å². The average molecular weight is 409 g/mol. The number of aromatic nitrogens is 2. The van der Waals surface area contributed by atoms with Crippen LogP contribution in [0.25, 0.3) is 0 Å². The van der Waals surface area contributed by atoms with Gasteiger partial charge >= 0.3 is 16.2 Å². The third-order valence-electron chi connectivity index (χ3n) is 4.11. The van der Waals surface area contributed by atoms with Crippen LogP contribution in [0.5, 0.6) is 0 Å². The summed E-state index contributed by atoms with van der Waals surface area (Å²) in [6, 6.07) is 0. The molecule has 26 heavy (non-hydrogen) atoms. The molecule has 0 unspecified atom stereocenters. The second kappa shape index (κ2) is 8.62. The van der Waals surface area contributed by atoms with Gasteiger partial charge in [0.2, 0.25) is 5.82 Å². The highest BCUT2D eigenvalue weighted by molar-refractivity contribution is 7.88. The minimum atomic E-state index is -4.24. The Hall–Kier alpha value is -1.26. The maximum atomic E-state index is 14.2. The van der Waals surface area contributed by atoms with Gasteiger partial charge in [-0.3, -0.25) is 4.57 Å². The van der Waals surface area contributed by atoms with Gasteiger partial charge in [0.15, 0.2) is 0 Å². The second-order valence-electron chi connectivity index (χ2n) is 5.62. The summed E-state index contributed by atoms with van der Waals surface area (Å²) in [7, 11) is -5.26. The second-order valence-corrected chi connectivity index (χ2v) is 10.3. The predicted molar refractivity (Wildman–Crippen MR) is 100 cm³/mol. The molecule has 1 N–H and O–H groups in total. The molecule has 0 aromatic carbocycles. The molecule has 0 amide bonds. The first kappa shape index (κ1) is 22.8. The van der Waals surface area contributed by atoms with E-state index in [1.165, 1.54) is 14.1 Å². The van der Waals surface area contributed by atoms with Crippen molar-refractivity contribution in [2.24, 2.45) is 0 Å². The molecule has 0 spiro atoms. The third kappa shape index (κ3) is 3.72. The summed E-state index contributed by atoms with van der Waals surface area (Å²) < 4.78 is 44.6. The van der Waals surface area contributed by atoms with Gasteiger partial charge in [-0.25, -0.2) is 19.1 Å². The monoisotopic (exact) mass is 409 g/mol. The topological polar surface area (TPSA) is 116 Å². The van der Waals surface area contributed by atoms with Crippen molar-refractivity contribution >= 4 is 29.1 Å². The van der Waals surface area contributed by atoms with Crippen molar-refractivity contribution in [3.8, 4) is 0 Å². The number of rotatable bonds is 10. The number of carboxylic acid groups (broad SMARTS) is 1. The van der Waals surface area contributed by atoms with Crippen LogP contribution in [0.3, 0.4) is 0 Å². The van der Waals surface area contributed by atoms with Gasteiger partial charge in [0, 0.05) is 40.3 Å². The SMILES string of the molecule is CCN(CC)P(=O)(c1cnc(C(=O)O)n1S(=O)(=O)N(C)C)N(CC)CC. The van der Waals surface area contributed by atoms with Crippen LogP contribution in [0, 0.1) is 0 Å². The lowest BCUT2D eigenvalue weighted by Gasteiger charge is -2.37. The van der Waals surface area contributed by atoms with Crippen LogP contribution in [-0.4, -0.2) is 82.4 Å². The van der Waals surface area contributed by atoms with Gasteiger partial charge in [-0.2, -0.15) is 16.7 Å². The molecule has 0 aliphatic carbocycles. The summed E-state index contributed by atoms with van der Waals surface area (Å²) in [4.78, 5) is 15.3. The summed E-state index contributed by atoms with van der Waals surface area (Å²) in [6.07, 6.45) is 1.10. The van der Waals surface area contributed by atoms with Crippen LogP contribution in [0.1, 0.15) is 38.3 Å². The molecule has 1 heterocycles. The highest BCUT2D eigenvalue weighted by atomic mass is 32.2. The Labute approximate surface area is 155 Å². The number of imidazole rings is 1. The number of hydrogen-bond donors (Lipinski definition) is 1. The van der Waals surface area contributed by atoms with Crippen molar-refractivity contribution in [3.05, 3.63) is 12.0 Å². The van der Waals surface area contributed by atoms with Crippen LogP contribution in [-0.2, 0) is 14.8 Å². The summed E-state index contributed by atoms with van der Waals surface area (Å²) in [5.74, 6) is -2.19. The van der Waals surface area contributed by atoms with E-state index < -0.39 is 29.4 Å². The van der Waals surface area contributed by atoms with Crippen molar-refractivity contribution in [1.82, 2.24) is 22.6 Å². The van der Waals surface area contributed by atoms with E-state index in [1.807, 2.05) is 27.7 Å². The first-order valence-electron chi connectivity index (χ1n) is 8.39. The minimum absolute atomic E-state index is 0.129. The first-order chi connectivity index (χ1) is 12.0. The van der Waals surface area contributed by atoms with E-state index in [-0.39, 0.29) is 5.44 Å². The van der Waals surface area contributed by atoms with E-state index >= 15 is 0 Å². The molecule has 0 saturated carbocycles. The molecule has 1 aromatic heterocycles.